The molecule has 0 fully saturated rings. The molecule has 1 atom stereocenters. The summed E-state index contributed by atoms with van der Waals surface area (Å²) in [5, 5.41) is 0. The van der Waals surface area contributed by atoms with Crippen molar-refractivity contribution in [2.75, 3.05) is 7.05 Å². The van der Waals surface area contributed by atoms with Gasteiger partial charge in [-0.05, 0) is 20.3 Å². The summed E-state index contributed by atoms with van der Waals surface area (Å²) in [7, 11) is 1.88. The fraction of sp³-hybridized carbons (Fsp3) is 0.909. The molecule has 1 unspecified atom stereocenters. The van der Waals surface area contributed by atoms with Gasteiger partial charge >= 0.3 is 0 Å². The highest BCUT2D eigenvalue weighted by atomic mass is 16.2. The van der Waals surface area contributed by atoms with Crippen LogP contribution in [-0.4, -0.2) is 23.9 Å². The molecule has 0 aliphatic heterocycles. The van der Waals surface area contributed by atoms with Crippen molar-refractivity contribution in [2.45, 2.75) is 53.0 Å². The highest BCUT2D eigenvalue weighted by Gasteiger charge is 2.18. The Morgan fingerprint density at radius 1 is 1.31 bits per heavy atom. The van der Waals surface area contributed by atoms with Crippen LogP contribution in [0.3, 0.4) is 0 Å². The molecular weight excluding hydrogens is 162 g/mol. The molecule has 0 aromatic carbocycles. The summed E-state index contributed by atoms with van der Waals surface area (Å²) in [4.78, 5) is 13.5. The van der Waals surface area contributed by atoms with Crippen LogP contribution < -0.4 is 0 Å². The zero-order chi connectivity index (χ0) is 10.4. The fourth-order valence-corrected chi connectivity index (χ4v) is 1.24. The molecule has 0 saturated heterocycles. The van der Waals surface area contributed by atoms with Gasteiger partial charge in [0.1, 0.15) is 0 Å². The minimum atomic E-state index is 0.187. The van der Waals surface area contributed by atoms with Crippen LogP contribution in [0, 0.1) is 5.92 Å². The zero-order valence-electron chi connectivity index (χ0n) is 9.63. The van der Waals surface area contributed by atoms with Gasteiger partial charge in [-0.3, -0.25) is 4.79 Å². The first kappa shape index (κ1) is 12.5. The largest absolute Gasteiger partial charge is 0.343 e. The third kappa shape index (κ3) is 4.30. The highest BCUT2D eigenvalue weighted by molar-refractivity contribution is 5.78. The smallest absolute Gasteiger partial charge is 0.225 e. The summed E-state index contributed by atoms with van der Waals surface area (Å²) in [5.74, 6) is 0.468. The highest BCUT2D eigenvalue weighted by Crippen LogP contribution is 2.11. The van der Waals surface area contributed by atoms with Crippen LogP contribution in [0.1, 0.15) is 47.0 Å². The van der Waals surface area contributed by atoms with Gasteiger partial charge in [-0.1, -0.05) is 26.7 Å². The maximum absolute atomic E-state index is 11.7. The van der Waals surface area contributed by atoms with E-state index in [-0.39, 0.29) is 11.8 Å². The van der Waals surface area contributed by atoms with Crippen LogP contribution in [0.5, 0.6) is 0 Å². The van der Waals surface area contributed by atoms with Gasteiger partial charge in [-0.15, -0.1) is 0 Å². The van der Waals surface area contributed by atoms with Crippen molar-refractivity contribution in [3.8, 4) is 0 Å². The molecule has 0 aliphatic carbocycles. The predicted octanol–water partition coefficient (Wildman–Crippen LogP) is 2.68. The topological polar surface area (TPSA) is 20.3 Å². The number of unbranched alkanes of at least 4 members (excludes halogenated alkanes) is 1. The van der Waals surface area contributed by atoms with Gasteiger partial charge in [-0.25, -0.2) is 0 Å². The van der Waals surface area contributed by atoms with E-state index in [0.29, 0.717) is 6.04 Å². The van der Waals surface area contributed by atoms with E-state index >= 15 is 0 Å². The maximum atomic E-state index is 11.7. The van der Waals surface area contributed by atoms with E-state index in [2.05, 4.69) is 6.92 Å². The molecule has 2 nitrogen and oxygen atoms in total. The number of hydrogen-bond acceptors (Lipinski definition) is 1. The number of carbonyl (C=O) groups excluding carboxylic acids is 1. The Morgan fingerprint density at radius 3 is 2.23 bits per heavy atom. The van der Waals surface area contributed by atoms with Gasteiger partial charge in [0.2, 0.25) is 5.91 Å². The second-order valence-corrected chi connectivity index (χ2v) is 4.09. The van der Waals surface area contributed by atoms with Gasteiger partial charge < -0.3 is 4.90 Å². The monoisotopic (exact) mass is 185 g/mol. The van der Waals surface area contributed by atoms with Gasteiger partial charge in [0.15, 0.2) is 0 Å². The normalized spacial score (nSPS) is 13.1. The molecule has 0 radical (unpaired) electrons. The molecule has 0 heterocycles. The quantitative estimate of drug-likeness (QED) is 0.645. The van der Waals surface area contributed by atoms with E-state index in [4.69, 9.17) is 0 Å². The Bertz CT molecular complexity index is 154. The number of hydrogen-bond donors (Lipinski definition) is 0. The average molecular weight is 185 g/mol. The lowest BCUT2D eigenvalue weighted by Gasteiger charge is -2.24. The molecule has 1 amide bonds. The van der Waals surface area contributed by atoms with Crippen molar-refractivity contribution in [3.05, 3.63) is 0 Å². The van der Waals surface area contributed by atoms with Crippen LogP contribution >= 0.6 is 0 Å². The van der Waals surface area contributed by atoms with Gasteiger partial charge in [-0.2, -0.15) is 0 Å². The van der Waals surface area contributed by atoms with E-state index in [1.54, 1.807) is 0 Å². The van der Waals surface area contributed by atoms with E-state index in [1.165, 1.54) is 6.42 Å². The average Bonchev–Trinajstić information content (AvgIpc) is 2.11. The summed E-state index contributed by atoms with van der Waals surface area (Å²) in [6.45, 7) is 8.27. The van der Waals surface area contributed by atoms with Gasteiger partial charge in [0.05, 0.1) is 0 Å². The summed E-state index contributed by atoms with van der Waals surface area (Å²) < 4.78 is 0. The molecule has 0 aliphatic rings. The summed E-state index contributed by atoms with van der Waals surface area (Å²) >= 11 is 0. The Kier molecular flexibility index (Phi) is 5.76. The molecule has 0 aromatic rings. The van der Waals surface area contributed by atoms with Crippen LogP contribution in [0.25, 0.3) is 0 Å². The molecule has 0 rings (SSSR count). The predicted molar refractivity (Wildman–Crippen MR) is 56.6 cm³/mol. The number of carbonyl (C=O) groups is 1. The van der Waals surface area contributed by atoms with Crippen molar-refractivity contribution < 1.29 is 4.79 Å². The van der Waals surface area contributed by atoms with Crippen molar-refractivity contribution >= 4 is 5.91 Å². The first-order valence-corrected chi connectivity index (χ1v) is 5.27. The van der Waals surface area contributed by atoms with Crippen LogP contribution in [-0.2, 0) is 4.79 Å². The van der Waals surface area contributed by atoms with Gasteiger partial charge in [0.25, 0.3) is 0 Å². The molecule has 0 saturated carbocycles. The maximum Gasteiger partial charge on any atom is 0.225 e. The van der Waals surface area contributed by atoms with Crippen molar-refractivity contribution in [1.82, 2.24) is 4.90 Å². The molecule has 0 spiro atoms. The van der Waals surface area contributed by atoms with E-state index in [9.17, 15) is 4.79 Å². The summed E-state index contributed by atoms with van der Waals surface area (Å²) in [6, 6.07) is 0.316. The zero-order valence-corrected chi connectivity index (χ0v) is 9.63. The molecule has 0 N–H and O–H groups in total. The number of rotatable bonds is 5. The van der Waals surface area contributed by atoms with Crippen LogP contribution in [0.2, 0.25) is 0 Å². The van der Waals surface area contributed by atoms with E-state index in [0.717, 1.165) is 12.8 Å². The van der Waals surface area contributed by atoms with Gasteiger partial charge in [0, 0.05) is 19.0 Å². The Balaban J connectivity index is 3.94. The number of amides is 1. The minimum absolute atomic E-state index is 0.187. The molecule has 0 bridgehead atoms. The molecule has 2 heteroatoms. The second kappa shape index (κ2) is 6.01. The Morgan fingerprint density at radius 2 is 1.85 bits per heavy atom. The van der Waals surface area contributed by atoms with Crippen molar-refractivity contribution in [2.24, 2.45) is 5.92 Å². The first-order chi connectivity index (χ1) is 6.00. The van der Waals surface area contributed by atoms with Crippen LogP contribution in [0.15, 0.2) is 0 Å². The lowest BCUT2D eigenvalue weighted by Crippen LogP contribution is -2.36. The molecular formula is C11H23NO. The third-order valence-corrected chi connectivity index (χ3v) is 2.53. The molecule has 78 valence electrons. The fourth-order valence-electron chi connectivity index (χ4n) is 1.24. The Labute approximate surface area is 82.3 Å². The molecule has 13 heavy (non-hydrogen) atoms. The second-order valence-electron chi connectivity index (χ2n) is 4.09. The van der Waals surface area contributed by atoms with E-state index < -0.39 is 0 Å². The SMILES string of the molecule is CCCCC(C)C(=O)N(C)C(C)C. The van der Waals surface area contributed by atoms with E-state index in [1.807, 2.05) is 32.7 Å². The minimum Gasteiger partial charge on any atom is -0.343 e. The number of nitrogens with zero attached hydrogens (tertiary/aromatic N) is 1. The molecule has 0 aromatic heterocycles. The van der Waals surface area contributed by atoms with Crippen molar-refractivity contribution in [3.63, 3.8) is 0 Å². The summed E-state index contributed by atoms with van der Waals surface area (Å²) in [5.41, 5.74) is 0. The lowest BCUT2D eigenvalue weighted by atomic mass is 10.0. The van der Waals surface area contributed by atoms with Crippen LogP contribution in [0.4, 0.5) is 0 Å². The lowest BCUT2D eigenvalue weighted by molar-refractivity contribution is -0.135. The van der Waals surface area contributed by atoms with Crippen molar-refractivity contribution in [1.29, 1.82) is 0 Å². The standard InChI is InChI=1S/C11H23NO/c1-6-7-8-10(4)11(13)12(5)9(2)3/h9-10H,6-8H2,1-5H3. The Hall–Kier alpha value is -0.530. The summed E-state index contributed by atoms with van der Waals surface area (Å²) in [6.07, 6.45) is 3.34. The first-order valence-electron chi connectivity index (χ1n) is 5.27. The third-order valence-electron chi connectivity index (χ3n) is 2.53.